The molecule has 0 saturated carbocycles. The van der Waals surface area contributed by atoms with Crippen molar-refractivity contribution in [3.8, 4) is 5.75 Å². The van der Waals surface area contributed by atoms with Crippen LogP contribution in [0.2, 0.25) is 0 Å². The molecule has 0 aliphatic rings. The summed E-state index contributed by atoms with van der Waals surface area (Å²) in [5.74, 6) is -0.462. The summed E-state index contributed by atoms with van der Waals surface area (Å²) in [6.07, 6.45) is 1.72. The van der Waals surface area contributed by atoms with E-state index in [4.69, 9.17) is 9.47 Å². The quantitative estimate of drug-likeness (QED) is 0.322. The molecular formula is C12H15NO5. The van der Waals surface area contributed by atoms with E-state index >= 15 is 0 Å². The Kier molecular flexibility index (Phi) is 5.63. The summed E-state index contributed by atoms with van der Waals surface area (Å²) < 4.78 is 9.95. The van der Waals surface area contributed by atoms with Gasteiger partial charge in [0.25, 0.3) is 0 Å². The molecule has 0 heterocycles. The number of para-hydroxylation sites is 2. The van der Waals surface area contributed by atoms with Gasteiger partial charge in [-0.15, -0.1) is 0 Å². The summed E-state index contributed by atoms with van der Waals surface area (Å²) in [7, 11) is 0. The van der Waals surface area contributed by atoms with E-state index in [2.05, 4.69) is 0 Å². The molecule has 0 unspecified atom stereocenters. The lowest BCUT2D eigenvalue weighted by Crippen LogP contribution is -2.15. The van der Waals surface area contributed by atoms with Gasteiger partial charge < -0.3 is 9.47 Å². The van der Waals surface area contributed by atoms with Crippen molar-refractivity contribution in [3.63, 3.8) is 0 Å². The molecule has 0 aliphatic carbocycles. The van der Waals surface area contributed by atoms with Gasteiger partial charge in [0.15, 0.2) is 12.4 Å². The Bertz CT molecular complexity index is 419. The van der Waals surface area contributed by atoms with Gasteiger partial charge in [-0.25, -0.2) is 4.79 Å². The zero-order valence-electron chi connectivity index (χ0n) is 10.1. The Morgan fingerprint density at radius 1 is 1.39 bits per heavy atom. The molecular weight excluding hydrogens is 238 g/mol. The molecule has 0 saturated heterocycles. The topological polar surface area (TPSA) is 78.7 Å². The number of nitro groups is 1. The van der Waals surface area contributed by atoms with Crippen LogP contribution < -0.4 is 4.74 Å². The van der Waals surface area contributed by atoms with Crippen LogP contribution in [0.4, 0.5) is 5.69 Å². The Morgan fingerprint density at radius 3 is 2.78 bits per heavy atom. The SMILES string of the molecule is CCCCOC(=O)COc1ccccc1[N+](=O)[O-]. The van der Waals surface area contributed by atoms with Crippen molar-refractivity contribution in [2.45, 2.75) is 19.8 Å². The van der Waals surface area contributed by atoms with E-state index in [1.807, 2.05) is 6.92 Å². The first-order chi connectivity index (χ1) is 8.65. The van der Waals surface area contributed by atoms with E-state index < -0.39 is 10.9 Å². The second kappa shape index (κ2) is 7.26. The number of esters is 1. The van der Waals surface area contributed by atoms with Gasteiger partial charge >= 0.3 is 11.7 Å². The van der Waals surface area contributed by atoms with Crippen molar-refractivity contribution in [1.82, 2.24) is 0 Å². The fourth-order valence-electron chi connectivity index (χ4n) is 1.24. The molecule has 0 N–H and O–H groups in total. The summed E-state index contributed by atoms with van der Waals surface area (Å²) >= 11 is 0. The normalized spacial score (nSPS) is 9.83. The highest BCUT2D eigenvalue weighted by Crippen LogP contribution is 2.25. The molecule has 18 heavy (non-hydrogen) atoms. The van der Waals surface area contributed by atoms with Gasteiger partial charge in [0.2, 0.25) is 0 Å². The average Bonchev–Trinajstić information content (AvgIpc) is 2.37. The zero-order chi connectivity index (χ0) is 13.4. The third-order valence-electron chi connectivity index (χ3n) is 2.17. The minimum atomic E-state index is -0.558. The summed E-state index contributed by atoms with van der Waals surface area (Å²) in [6.45, 7) is 2.00. The summed E-state index contributed by atoms with van der Waals surface area (Å²) in [4.78, 5) is 21.4. The molecule has 0 amide bonds. The fourth-order valence-corrected chi connectivity index (χ4v) is 1.24. The summed E-state index contributed by atoms with van der Waals surface area (Å²) in [6, 6.07) is 5.89. The van der Waals surface area contributed by atoms with Crippen LogP contribution in [0.5, 0.6) is 5.75 Å². The predicted octanol–water partition coefficient (Wildman–Crippen LogP) is 2.32. The van der Waals surface area contributed by atoms with Crippen molar-refractivity contribution >= 4 is 11.7 Å². The van der Waals surface area contributed by atoms with E-state index in [-0.39, 0.29) is 18.0 Å². The first-order valence-corrected chi connectivity index (χ1v) is 5.67. The van der Waals surface area contributed by atoms with Crippen LogP contribution in [0.1, 0.15) is 19.8 Å². The molecule has 0 aromatic heterocycles. The third-order valence-corrected chi connectivity index (χ3v) is 2.17. The number of unbranched alkanes of at least 4 members (excludes halogenated alkanes) is 1. The minimum Gasteiger partial charge on any atom is -0.475 e. The Labute approximate surface area is 105 Å². The highest BCUT2D eigenvalue weighted by atomic mass is 16.6. The van der Waals surface area contributed by atoms with E-state index in [9.17, 15) is 14.9 Å². The molecule has 0 fully saturated rings. The molecule has 1 aromatic carbocycles. The molecule has 98 valence electrons. The molecule has 0 spiro atoms. The molecule has 6 nitrogen and oxygen atoms in total. The monoisotopic (exact) mass is 253 g/mol. The number of hydrogen-bond acceptors (Lipinski definition) is 5. The van der Waals surface area contributed by atoms with Gasteiger partial charge in [-0.2, -0.15) is 0 Å². The van der Waals surface area contributed by atoms with Crippen molar-refractivity contribution in [3.05, 3.63) is 34.4 Å². The number of benzene rings is 1. The van der Waals surface area contributed by atoms with E-state index in [0.29, 0.717) is 6.61 Å². The lowest BCUT2D eigenvalue weighted by Gasteiger charge is -2.06. The molecule has 1 rings (SSSR count). The Morgan fingerprint density at radius 2 is 2.11 bits per heavy atom. The van der Waals surface area contributed by atoms with Crippen LogP contribution in [-0.2, 0) is 9.53 Å². The van der Waals surface area contributed by atoms with E-state index in [1.165, 1.54) is 18.2 Å². The van der Waals surface area contributed by atoms with Gasteiger partial charge in [-0.05, 0) is 12.5 Å². The number of rotatable bonds is 7. The van der Waals surface area contributed by atoms with Crippen molar-refractivity contribution < 1.29 is 19.2 Å². The van der Waals surface area contributed by atoms with Crippen LogP contribution in [0.15, 0.2) is 24.3 Å². The Balaban J connectivity index is 2.48. The van der Waals surface area contributed by atoms with Crippen molar-refractivity contribution in [2.75, 3.05) is 13.2 Å². The van der Waals surface area contributed by atoms with E-state index in [1.54, 1.807) is 6.07 Å². The fraction of sp³-hybridized carbons (Fsp3) is 0.417. The van der Waals surface area contributed by atoms with Crippen molar-refractivity contribution in [1.29, 1.82) is 0 Å². The maximum Gasteiger partial charge on any atom is 0.344 e. The molecule has 6 heteroatoms. The highest BCUT2D eigenvalue weighted by Gasteiger charge is 2.15. The van der Waals surface area contributed by atoms with Crippen LogP contribution in [0, 0.1) is 10.1 Å². The maximum absolute atomic E-state index is 11.3. The van der Waals surface area contributed by atoms with Gasteiger partial charge in [-0.3, -0.25) is 10.1 Å². The third kappa shape index (κ3) is 4.40. The summed E-state index contributed by atoms with van der Waals surface area (Å²) in [5.41, 5.74) is -0.168. The number of carbonyl (C=O) groups excluding carboxylic acids is 1. The zero-order valence-corrected chi connectivity index (χ0v) is 10.1. The Hall–Kier alpha value is -2.11. The second-order valence-electron chi connectivity index (χ2n) is 3.59. The van der Waals surface area contributed by atoms with Crippen LogP contribution >= 0.6 is 0 Å². The van der Waals surface area contributed by atoms with Crippen LogP contribution in [0.25, 0.3) is 0 Å². The van der Waals surface area contributed by atoms with Crippen LogP contribution in [-0.4, -0.2) is 24.1 Å². The van der Waals surface area contributed by atoms with E-state index in [0.717, 1.165) is 12.8 Å². The number of nitrogens with zero attached hydrogens (tertiary/aromatic N) is 1. The molecule has 0 aliphatic heterocycles. The number of ether oxygens (including phenoxy) is 2. The smallest absolute Gasteiger partial charge is 0.344 e. The lowest BCUT2D eigenvalue weighted by molar-refractivity contribution is -0.385. The summed E-state index contributed by atoms with van der Waals surface area (Å²) in [5, 5.41) is 10.7. The lowest BCUT2D eigenvalue weighted by atomic mass is 10.3. The average molecular weight is 253 g/mol. The van der Waals surface area contributed by atoms with Gasteiger partial charge in [0, 0.05) is 6.07 Å². The first kappa shape index (κ1) is 14.0. The predicted molar refractivity (Wildman–Crippen MR) is 64.5 cm³/mol. The largest absolute Gasteiger partial charge is 0.475 e. The van der Waals surface area contributed by atoms with Crippen LogP contribution in [0.3, 0.4) is 0 Å². The molecule has 0 radical (unpaired) electrons. The second-order valence-corrected chi connectivity index (χ2v) is 3.59. The molecule has 0 atom stereocenters. The number of carbonyl (C=O) groups is 1. The standard InChI is InChI=1S/C12H15NO5/c1-2-3-8-17-12(14)9-18-11-7-5-4-6-10(11)13(15)16/h4-7H,2-3,8-9H2,1H3. The first-order valence-electron chi connectivity index (χ1n) is 5.67. The van der Waals surface area contributed by atoms with Crippen molar-refractivity contribution in [2.24, 2.45) is 0 Å². The highest BCUT2D eigenvalue weighted by molar-refractivity contribution is 5.71. The maximum atomic E-state index is 11.3. The number of nitro benzene ring substituents is 1. The van der Waals surface area contributed by atoms with Gasteiger partial charge in [-0.1, -0.05) is 25.5 Å². The van der Waals surface area contributed by atoms with Gasteiger partial charge in [0.05, 0.1) is 11.5 Å². The number of hydrogen-bond donors (Lipinski definition) is 0. The molecule has 0 bridgehead atoms. The minimum absolute atomic E-state index is 0.0648. The van der Waals surface area contributed by atoms with Gasteiger partial charge in [0.1, 0.15) is 0 Å². The molecule has 1 aromatic rings.